The van der Waals surface area contributed by atoms with Gasteiger partial charge in [-0.05, 0) is 36.5 Å². The Balaban J connectivity index is 1.53. The molecule has 1 unspecified atom stereocenters. The quantitative estimate of drug-likeness (QED) is 0.455. The molecular formula is C18H22ClFN4. The third kappa shape index (κ3) is 3.05. The van der Waals surface area contributed by atoms with Crippen molar-refractivity contribution < 1.29 is 4.39 Å². The van der Waals surface area contributed by atoms with Crippen LogP contribution in [-0.2, 0) is 0 Å². The number of hydrogen-bond donors (Lipinski definition) is 4. The van der Waals surface area contributed by atoms with Gasteiger partial charge in [0.25, 0.3) is 0 Å². The molecule has 6 heteroatoms. The van der Waals surface area contributed by atoms with Crippen molar-refractivity contribution in [2.75, 3.05) is 22.5 Å². The van der Waals surface area contributed by atoms with Gasteiger partial charge in [-0.25, -0.2) is 4.39 Å². The first kappa shape index (κ1) is 15.6. The third-order valence-electron chi connectivity index (χ3n) is 5.01. The highest BCUT2D eigenvalue weighted by Crippen LogP contribution is 2.40. The molecule has 0 spiro atoms. The Labute approximate surface area is 146 Å². The molecule has 24 heavy (non-hydrogen) atoms. The van der Waals surface area contributed by atoms with E-state index in [1.54, 1.807) is 6.07 Å². The normalized spacial score (nSPS) is 20.3. The molecule has 0 radical (unpaired) electrons. The van der Waals surface area contributed by atoms with Crippen LogP contribution >= 0.6 is 11.6 Å². The summed E-state index contributed by atoms with van der Waals surface area (Å²) in [4.78, 5) is 3.16. The molecule has 4 N–H and O–H groups in total. The molecule has 0 bridgehead atoms. The number of H-pyrrole nitrogens is 1. The average molecular weight is 349 g/mol. The lowest BCUT2D eigenvalue weighted by molar-refractivity contribution is 0.373. The van der Waals surface area contributed by atoms with E-state index in [9.17, 15) is 4.39 Å². The van der Waals surface area contributed by atoms with Crippen LogP contribution in [0.4, 0.5) is 21.6 Å². The largest absolute Gasteiger partial charge is 0.382 e. The summed E-state index contributed by atoms with van der Waals surface area (Å²) < 4.78 is 14.2. The fourth-order valence-electron chi connectivity index (χ4n) is 3.68. The van der Waals surface area contributed by atoms with E-state index >= 15 is 0 Å². The van der Waals surface area contributed by atoms with Gasteiger partial charge in [-0.2, -0.15) is 0 Å². The number of alkyl halides is 1. The minimum absolute atomic E-state index is 0.206. The van der Waals surface area contributed by atoms with Crippen molar-refractivity contribution in [1.29, 1.82) is 0 Å². The van der Waals surface area contributed by atoms with Crippen molar-refractivity contribution in [2.45, 2.75) is 37.7 Å². The van der Waals surface area contributed by atoms with Gasteiger partial charge in [0.2, 0.25) is 0 Å². The van der Waals surface area contributed by atoms with E-state index in [0.717, 1.165) is 29.2 Å². The van der Waals surface area contributed by atoms with Crippen molar-refractivity contribution in [1.82, 2.24) is 4.98 Å². The van der Waals surface area contributed by atoms with E-state index in [0.29, 0.717) is 11.6 Å². The number of fused-ring (bicyclic) bond motifs is 1. The number of rotatable bonds is 4. The lowest BCUT2D eigenvalue weighted by atomic mass is 9.89. The van der Waals surface area contributed by atoms with Crippen LogP contribution in [0.3, 0.4) is 0 Å². The predicted molar refractivity (Wildman–Crippen MR) is 98.1 cm³/mol. The van der Waals surface area contributed by atoms with Crippen molar-refractivity contribution in [3.8, 4) is 11.1 Å². The van der Waals surface area contributed by atoms with E-state index in [1.165, 1.54) is 38.2 Å². The second-order valence-corrected chi connectivity index (χ2v) is 7.12. The predicted octanol–water partition coefficient (Wildman–Crippen LogP) is 5.17. The average Bonchev–Trinajstić information content (AvgIpc) is 3.14. The number of benzene rings is 1. The Morgan fingerprint density at radius 3 is 2.83 bits per heavy atom. The maximum absolute atomic E-state index is 14.2. The van der Waals surface area contributed by atoms with Crippen molar-refractivity contribution in [3.63, 3.8) is 0 Å². The van der Waals surface area contributed by atoms with Gasteiger partial charge in [0, 0.05) is 18.3 Å². The van der Waals surface area contributed by atoms with Crippen LogP contribution in [-0.4, -0.2) is 17.2 Å². The van der Waals surface area contributed by atoms with Crippen molar-refractivity contribution in [3.05, 3.63) is 30.2 Å². The van der Waals surface area contributed by atoms with Gasteiger partial charge in [0.15, 0.2) is 5.62 Å². The van der Waals surface area contributed by atoms with Crippen LogP contribution in [0.5, 0.6) is 0 Å². The Bertz CT molecular complexity index is 724. The molecule has 1 aliphatic carbocycles. The molecule has 128 valence electrons. The fourth-order valence-corrected chi connectivity index (χ4v) is 3.90. The maximum atomic E-state index is 14.2. The van der Waals surface area contributed by atoms with Gasteiger partial charge in [-0.15, -0.1) is 0 Å². The SMILES string of the molecule is Fc1ccc(-c2c[nH]c3c2NC(Cl)N3)cc1NCC1CCCCC1. The van der Waals surface area contributed by atoms with Crippen molar-refractivity contribution in [2.24, 2.45) is 5.92 Å². The summed E-state index contributed by atoms with van der Waals surface area (Å²) in [5, 5.41) is 9.58. The van der Waals surface area contributed by atoms with Crippen LogP contribution in [0.25, 0.3) is 11.1 Å². The molecule has 4 rings (SSSR count). The minimum Gasteiger partial charge on any atom is -0.382 e. The number of aromatic nitrogens is 1. The van der Waals surface area contributed by atoms with E-state index in [-0.39, 0.29) is 11.4 Å². The molecule has 4 nitrogen and oxygen atoms in total. The highest BCUT2D eigenvalue weighted by molar-refractivity contribution is 6.24. The molecule has 2 heterocycles. The zero-order chi connectivity index (χ0) is 16.5. The number of halogens is 2. The summed E-state index contributed by atoms with van der Waals surface area (Å²) in [7, 11) is 0. The van der Waals surface area contributed by atoms with Gasteiger partial charge in [0.1, 0.15) is 11.6 Å². The van der Waals surface area contributed by atoms with Gasteiger partial charge < -0.3 is 20.9 Å². The molecule has 0 saturated heterocycles. The molecule has 1 aromatic carbocycles. The molecular weight excluding hydrogens is 327 g/mol. The Morgan fingerprint density at radius 1 is 1.17 bits per heavy atom. The molecule has 0 amide bonds. The fraction of sp³-hybridized carbons (Fsp3) is 0.444. The van der Waals surface area contributed by atoms with Gasteiger partial charge in [-0.3, -0.25) is 0 Å². The van der Waals surface area contributed by atoms with Crippen LogP contribution in [0.1, 0.15) is 32.1 Å². The topological polar surface area (TPSA) is 51.9 Å². The third-order valence-corrected chi connectivity index (χ3v) is 5.22. The smallest absolute Gasteiger partial charge is 0.176 e. The Kier molecular flexibility index (Phi) is 4.27. The summed E-state index contributed by atoms with van der Waals surface area (Å²) in [6.07, 6.45) is 8.32. The zero-order valence-corrected chi connectivity index (χ0v) is 14.2. The summed E-state index contributed by atoms with van der Waals surface area (Å²) in [5.41, 5.74) is 3.12. The van der Waals surface area contributed by atoms with Crippen LogP contribution in [0.15, 0.2) is 24.4 Å². The Hall–Kier alpha value is -1.88. The first-order valence-electron chi connectivity index (χ1n) is 8.63. The molecule has 2 aromatic rings. The maximum Gasteiger partial charge on any atom is 0.176 e. The minimum atomic E-state index is -0.324. The first-order chi connectivity index (χ1) is 11.7. The van der Waals surface area contributed by atoms with Crippen LogP contribution in [0, 0.1) is 11.7 Å². The zero-order valence-electron chi connectivity index (χ0n) is 13.5. The highest BCUT2D eigenvalue weighted by Gasteiger charge is 2.23. The van der Waals surface area contributed by atoms with E-state index < -0.39 is 0 Å². The van der Waals surface area contributed by atoms with Gasteiger partial charge in [0.05, 0.1) is 11.4 Å². The number of aromatic amines is 1. The monoisotopic (exact) mass is 348 g/mol. The standard InChI is InChI=1S/C18H22ClFN4/c19-18-23-16-13(10-22-17(16)24-18)12-6-7-14(20)15(8-12)21-9-11-4-2-1-3-5-11/h6-8,10-11,18,21-24H,1-5,9H2. The molecule has 1 aromatic heterocycles. The lowest BCUT2D eigenvalue weighted by Crippen LogP contribution is -2.17. The van der Waals surface area contributed by atoms with Gasteiger partial charge in [-0.1, -0.05) is 36.9 Å². The second-order valence-electron chi connectivity index (χ2n) is 6.68. The molecule has 1 atom stereocenters. The number of hydrogen-bond acceptors (Lipinski definition) is 3. The molecule has 1 fully saturated rings. The van der Waals surface area contributed by atoms with E-state index in [1.807, 2.05) is 12.3 Å². The second kappa shape index (κ2) is 6.55. The summed E-state index contributed by atoms with van der Waals surface area (Å²) in [5.74, 6) is 1.32. The highest BCUT2D eigenvalue weighted by atomic mass is 35.5. The van der Waals surface area contributed by atoms with E-state index in [4.69, 9.17) is 11.6 Å². The summed E-state index contributed by atoms with van der Waals surface area (Å²) in [6, 6.07) is 5.21. The van der Waals surface area contributed by atoms with Crippen LogP contribution in [0.2, 0.25) is 0 Å². The summed E-state index contributed by atoms with van der Waals surface area (Å²) in [6.45, 7) is 0.842. The first-order valence-corrected chi connectivity index (χ1v) is 9.06. The summed E-state index contributed by atoms with van der Waals surface area (Å²) >= 11 is 6.06. The number of anilines is 3. The van der Waals surface area contributed by atoms with Crippen molar-refractivity contribution >= 4 is 28.8 Å². The molecule has 2 aliphatic rings. The number of nitrogens with one attached hydrogen (secondary N) is 4. The molecule has 1 saturated carbocycles. The van der Waals surface area contributed by atoms with Gasteiger partial charge >= 0.3 is 0 Å². The van der Waals surface area contributed by atoms with Crippen LogP contribution < -0.4 is 16.0 Å². The Morgan fingerprint density at radius 2 is 2.00 bits per heavy atom. The lowest BCUT2D eigenvalue weighted by Gasteiger charge is -2.22. The van der Waals surface area contributed by atoms with E-state index in [2.05, 4.69) is 20.9 Å². The molecule has 1 aliphatic heterocycles.